The van der Waals surface area contributed by atoms with E-state index in [9.17, 15) is 0 Å². The molecule has 8 aromatic carbocycles. The van der Waals surface area contributed by atoms with Gasteiger partial charge in [-0.2, -0.15) is 0 Å². The average molecular weight is 717 g/mol. The van der Waals surface area contributed by atoms with Crippen LogP contribution in [0.15, 0.2) is 219 Å². The number of fused-ring (bicyclic) bond motifs is 12. The Morgan fingerprint density at radius 1 is 0.196 bits per heavy atom. The second kappa shape index (κ2) is 15.8. The highest BCUT2D eigenvalue weighted by atomic mass is 14.7. The standard InChI is InChI=1S/C14H10.2C13H9N.C12H8N2/c1-3-7-13-11(5-1)9-10-12-6-2-4-8-14(12)13;1-2-6-12-10(4-1)7-8-11-5-3-9-14-13(11)12;1-2-5-11-10(4-1)7-8-13-12(11)6-3-9-14-13;1-3-9-5-6-10-4-2-8-14-12(10)11(9)13-7-1/h1-10H;2*1-9H;1-8H. The van der Waals surface area contributed by atoms with Crippen LogP contribution in [0.5, 0.6) is 0 Å². The van der Waals surface area contributed by atoms with E-state index in [1.165, 1.54) is 53.9 Å². The number of benzene rings is 8. The van der Waals surface area contributed by atoms with E-state index < -0.39 is 0 Å². The van der Waals surface area contributed by atoms with Crippen molar-refractivity contribution in [1.82, 2.24) is 19.9 Å². The van der Waals surface area contributed by atoms with Gasteiger partial charge in [0.2, 0.25) is 0 Å². The summed E-state index contributed by atoms with van der Waals surface area (Å²) in [7, 11) is 0. The first-order valence-corrected chi connectivity index (χ1v) is 18.7. The van der Waals surface area contributed by atoms with Gasteiger partial charge in [-0.05, 0) is 68.0 Å². The molecule has 4 heterocycles. The van der Waals surface area contributed by atoms with E-state index in [1.807, 2.05) is 36.7 Å². The van der Waals surface area contributed by atoms with Gasteiger partial charge in [0.1, 0.15) is 0 Å². The lowest BCUT2D eigenvalue weighted by Crippen LogP contribution is -1.83. The lowest BCUT2D eigenvalue weighted by atomic mass is 10.0. The monoisotopic (exact) mass is 716 g/mol. The maximum absolute atomic E-state index is 4.41. The minimum Gasteiger partial charge on any atom is -0.256 e. The van der Waals surface area contributed by atoms with E-state index in [4.69, 9.17) is 0 Å². The van der Waals surface area contributed by atoms with Crippen LogP contribution in [-0.2, 0) is 0 Å². The molecule has 0 bridgehead atoms. The highest BCUT2D eigenvalue weighted by molar-refractivity contribution is 6.08. The minimum atomic E-state index is 0.977. The molecule has 0 aliphatic rings. The molecule has 0 radical (unpaired) electrons. The van der Waals surface area contributed by atoms with Gasteiger partial charge in [0, 0.05) is 51.7 Å². The highest BCUT2D eigenvalue weighted by Crippen LogP contribution is 2.26. The summed E-state index contributed by atoms with van der Waals surface area (Å²) in [5, 5.41) is 15.0. The van der Waals surface area contributed by atoms with Crippen molar-refractivity contribution in [1.29, 1.82) is 0 Å². The van der Waals surface area contributed by atoms with Gasteiger partial charge in [-0.3, -0.25) is 19.9 Å². The fourth-order valence-corrected chi connectivity index (χ4v) is 7.28. The lowest BCUT2D eigenvalue weighted by Gasteiger charge is -2.02. The van der Waals surface area contributed by atoms with Gasteiger partial charge in [0.15, 0.2) is 0 Å². The van der Waals surface area contributed by atoms with Crippen molar-refractivity contribution >= 4 is 86.7 Å². The Balaban J connectivity index is 0.0000000975. The molecule has 4 nitrogen and oxygen atoms in total. The zero-order chi connectivity index (χ0) is 37.5. The maximum atomic E-state index is 4.41. The Labute approximate surface area is 324 Å². The van der Waals surface area contributed by atoms with E-state index >= 15 is 0 Å². The maximum Gasteiger partial charge on any atom is 0.0964 e. The average Bonchev–Trinajstić information content (AvgIpc) is 3.29. The number of rotatable bonds is 0. The van der Waals surface area contributed by atoms with Crippen LogP contribution in [0, 0.1) is 0 Å². The van der Waals surface area contributed by atoms with Crippen molar-refractivity contribution in [2.75, 3.05) is 0 Å². The molecule has 0 saturated heterocycles. The summed E-state index contributed by atoms with van der Waals surface area (Å²) in [5.74, 6) is 0. The number of hydrogen-bond donors (Lipinski definition) is 0. The van der Waals surface area contributed by atoms with Crippen LogP contribution in [0.4, 0.5) is 0 Å². The molecular formula is C52H36N4. The van der Waals surface area contributed by atoms with Gasteiger partial charge in [-0.1, -0.05) is 164 Å². The smallest absolute Gasteiger partial charge is 0.0964 e. The molecule has 0 amide bonds. The zero-order valence-electron chi connectivity index (χ0n) is 30.6. The number of pyridine rings is 4. The van der Waals surface area contributed by atoms with Crippen molar-refractivity contribution in [3.8, 4) is 0 Å². The molecule has 264 valence electrons. The second-order valence-electron chi connectivity index (χ2n) is 13.4. The summed E-state index contributed by atoms with van der Waals surface area (Å²) in [6, 6.07) is 66.8. The molecule has 0 saturated carbocycles. The molecule has 0 spiro atoms. The van der Waals surface area contributed by atoms with Gasteiger partial charge < -0.3 is 0 Å². The Morgan fingerprint density at radius 3 is 1.02 bits per heavy atom. The molecule has 0 atom stereocenters. The van der Waals surface area contributed by atoms with Crippen molar-refractivity contribution in [2.24, 2.45) is 0 Å². The highest BCUT2D eigenvalue weighted by Gasteiger charge is 2.02. The largest absolute Gasteiger partial charge is 0.256 e. The Hall–Kier alpha value is -7.56. The Kier molecular flexibility index (Phi) is 9.66. The minimum absolute atomic E-state index is 0.977. The van der Waals surface area contributed by atoms with Gasteiger partial charge in [-0.25, -0.2) is 0 Å². The first-order valence-electron chi connectivity index (χ1n) is 18.7. The quantitative estimate of drug-likeness (QED) is 0.147. The lowest BCUT2D eigenvalue weighted by molar-refractivity contribution is 1.37. The normalized spacial score (nSPS) is 10.9. The van der Waals surface area contributed by atoms with Gasteiger partial charge >= 0.3 is 0 Å². The molecule has 12 aromatic rings. The molecule has 0 N–H and O–H groups in total. The third-order valence-corrected chi connectivity index (χ3v) is 10.0. The van der Waals surface area contributed by atoms with Crippen molar-refractivity contribution in [3.63, 3.8) is 0 Å². The zero-order valence-corrected chi connectivity index (χ0v) is 30.6. The Morgan fingerprint density at radius 2 is 0.500 bits per heavy atom. The summed E-state index contributed by atoms with van der Waals surface area (Å²) >= 11 is 0. The first kappa shape index (κ1) is 34.2. The summed E-state index contributed by atoms with van der Waals surface area (Å²) in [6.07, 6.45) is 7.28. The summed E-state index contributed by atoms with van der Waals surface area (Å²) in [6.45, 7) is 0. The fraction of sp³-hybridized carbons (Fsp3) is 0. The van der Waals surface area contributed by atoms with Gasteiger partial charge in [0.25, 0.3) is 0 Å². The van der Waals surface area contributed by atoms with Crippen molar-refractivity contribution in [2.45, 2.75) is 0 Å². The summed E-state index contributed by atoms with van der Waals surface area (Å²) in [5.41, 5.74) is 4.10. The van der Waals surface area contributed by atoms with E-state index in [2.05, 4.69) is 190 Å². The number of nitrogens with zero attached hydrogens (tertiary/aromatic N) is 4. The van der Waals surface area contributed by atoms with Gasteiger partial charge in [0.05, 0.1) is 22.1 Å². The molecule has 56 heavy (non-hydrogen) atoms. The summed E-state index contributed by atoms with van der Waals surface area (Å²) in [4.78, 5) is 17.4. The molecule has 4 heteroatoms. The third-order valence-electron chi connectivity index (χ3n) is 10.0. The number of hydrogen-bond acceptors (Lipinski definition) is 4. The third kappa shape index (κ3) is 7.07. The van der Waals surface area contributed by atoms with Crippen molar-refractivity contribution < 1.29 is 0 Å². The molecule has 0 fully saturated rings. The topological polar surface area (TPSA) is 51.6 Å². The van der Waals surface area contributed by atoms with Crippen LogP contribution >= 0.6 is 0 Å². The van der Waals surface area contributed by atoms with Crippen molar-refractivity contribution in [3.05, 3.63) is 219 Å². The molecule has 12 rings (SSSR count). The molecule has 0 aliphatic heterocycles. The van der Waals surface area contributed by atoms with E-state index in [-0.39, 0.29) is 0 Å². The van der Waals surface area contributed by atoms with Crippen LogP contribution in [0.3, 0.4) is 0 Å². The first-order chi connectivity index (χ1) is 27.8. The predicted octanol–water partition coefficient (Wildman–Crippen LogP) is 13.6. The van der Waals surface area contributed by atoms with E-state index in [0.29, 0.717) is 0 Å². The van der Waals surface area contributed by atoms with Crippen LogP contribution in [-0.4, -0.2) is 19.9 Å². The second-order valence-corrected chi connectivity index (χ2v) is 13.4. The molecular weight excluding hydrogens is 681 g/mol. The van der Waals surface area contributed by atoms with Gasteiger partial charge in [-0.15, -0.1) is 0 Å². The van der Waals surface area contributed by atoms with Crippen LogP contribution in [0.2, 0.25) is 0 Å². The van der Waals surface area contributed by atoms with E-state index in [1.54, 1.807) is 12.4 Å². The molecule has 0 unspecified atom stereocenters. The summed E-state index contributed by atoms with van der Waals surface area (Å²) < 4.78 is 0. The van der Waals surface area contributed by atoms with Crippen LogP contribution < -0.4 is 0 Å². The number of aromatic nitrogens is 4. The molecule has 0 aliphatic carbocycles. The fourth-order valence-electron chi connectivity index (χ4n) is 7.28. The SMILES string of the molecule is c1ccc2c(c1)ccc1ccccc12.c1ccc2c(c1)ccc1cccnc12.c1ccc2c(c1)ccc1ncccc12.c1cnc2c(c1)ccc1cccnc12. The van der Waals surface area contributed by atoms with Crippen LogP contribution in [0.25, 0.3) is 86.7 Å². The predicted molar refractivity (Wildman–Crippen MR) is 237 cm³/mol. The van der Waals surface area contributed by atoms with Crippen LogP contribution in [0.1, 0.15) is 0 Å². The Bertz CT molecular complexity index is 2620. The molecule has 4 aromatic heterocycles. The van der Waals surface area contributed by atoms with E-state index in [0.717, 1.165) is 32.8 Å².